The van der Waals surface area contributed by atoms with E-state index in [-0.39, 0.29) is 25.2 Å². The number of hydrogen-bond acceptors (Lipinski definition) is 5. The van der Waals surface area contributed by atoms with Crippen LogP contribution in [0.4, 0.5) is 0 Å². The van der Waals surface area contributed by atoms with E-state index in [0.717, 1.165) is 6.42 Å². The van der Waals surface area contributed by atoms with Crippen LogP contribution >= 0.6 is 0 Å². The Morgan fingerprint density at radius 1 is 1.38 bits per heavy atom. The van der Waals surface area contributed by atoms with Crippen molar-refractivity contribution in [2.75, 3.05) is 19.8 Å². The number of fused-ring (bicyclic) bond motifs is 1. The van der Waals surface area contributed by atoms with E-state index in [4.69, 9.17) is 4.18 Å². The lowest BCUT2D eigenvalue weighted by Gasteiger charge is -2.28. The molecule has 3 atom stereocenters. The van der Waals surface area contributed by atoms with Crippen LogP contribution < -0.4 is 0 Å². The lowest BCUT2D eigenvalue weighted by Crippen LogP contribution is -2.34. The van der Waals surface area contributed by atoms with Crippen molar-refractivity contribution in [2.45, 2.75) is 31.4 Å². The second kappa shape index (κ2) is 3.66. The Morgan fingerprint density at radius 3 is 2.50 bits per heavy atom. The molecule has 0 aromatic rings. The van der Waals surface area contributed by atoms with Crippen molar-refractivity contribution in [3.05, 3.63) is 0 Å². The van der Waals surface area contributed by atoms with E-state index in [1.165, 1.54) is 0 Å². The van der Waals surface area contributed by atoms with Gasteiger partial charge in [0.05, 0.1) is 18.5 Å². The maximum absolute atomic E-state index is 11.7. The van der Waals surface area contributed by atoms with Gasteiger partial charge in [-0.2, -0.15) is 8.42 Å². The summed E-state index contributed by atoms with van der Waals surface area (Å²) in [6.07, 6.45) is 1.63. The van der Waals surface area contributed by atoms with Crippen LogP contribution in [0, 0.1) is 10.8 Å². The Balaban J connectivity index is 2.38. The highest BCUT2D eigenvalue weighted by Gasteiger charge is 2.62. The molecule has 0 amide bonds. The van der Waals surface area contributed by atoms with E-state index in [1.807, 2.05) is 6.92 Å². The largest absolute Gasteiger partial charge is 0.396 e. The fourth-order valence-electron chi connectivity index (χ4n) is 3.08. The van der Waals surface area contributed by atoms with Crippen LogP contribution in [0.5, 0.6) is 0 Å². The summed E-state index contributed by atoms with van der Waals surface area (Å²) in [6.45, 7) is 1.77. The second-order valence-corrected chi connectivity index (χ2v) is 6.95. The molecule has 1 aliphatic heterocycles. The molecule has 2 fully saturated rings. The summed E-state index contributed by atoms with van der Waals surface area (Å²) >= 11 is 0. The first-order valence-electron chi connectivity index (χ1n) is 5.54. The van der Waals surface area contributed by atoms with Gasteiger partial charge in [-0.05, 0) is 24.7 Å². The predicted octanol–water partition coefficient (Wildman–Crippen LogP) is -0.124. The number of aliphatic hydroxyl groups is 2. The lowest BCUT2D eigenvalue weighted by molar-refractivity contribution is 0.0610. The van der Waals surface area contributed by atoms with Gasteiger partial charge in [-0.15, -0.1) is 0 Å². The number of rotatable bonds is 3. The third-order valence-corrected chi connectivity index (χ3v) is 6.10. The van der Waals surface area contributed by atoms with Crippen LogP contribution in [0.3, 0.4) is 0 Å². The molecular weight excluding hydrogens is 232 g/mol. The third kappa shape index (κ3) is 1.51. The van der Waals surface area contributed by atoms with E-state index >= 15 is 0 Å². The van der Waals surface area contributed by atoms with Crippen molar-refractivity contribution in [1.82, 2.24) is 0 Å². The minimum Gasteiger partial charge on any atom is -0.396 e. The number of aliphatic hydroxyl groups excluding tert-OH is 2. The van der Waals surface area contributed by atoms with Crippen LogP contribution in [0.25, 0.3) is 0 Å². The zero-order valence-electron chi connectivity index (χ0n) is 9.35. The van der Waals surface area contributed by atoms with Gasteiger partial charge in [0.15, 0.2) is 0 Å². The summed E-state index contributed by atoms with van der Waals surface area (Å²) in [5, 5.41) is 18.2. The summed E-state index contributed by atoms with van der Waals surface area (Å²) in [5.74, 6) is 0. The summed E-state index contributed by atoms with van der Waals surface area (Å²) in [7, 11) is -3.56. The van der Waals surface area contributed by atoms with Gasteiger partial charge in [-0.1, -0.05) is 6.92 Å². The lowest BCUT2D eigenvalue weighted by atomic mass is 9.79. The van der Waals surface area contributed by atoms with Crippen molar-refractivity contribution < 1.29 is 22.8 Å². The van der Waals surface area contributed by atoms with Crippen LogP contribution in [0.1, 0.15) is 26.2 Å². The SMILES string of the molecule is CCC1(CO)CC2C(CO)(COS2(=O)=O)C1. The molecule has 0 aromatic carbocycles. The van der Waals surface area contributed by atoms with Gasteiger partial charge in [-0.3, -0.25) is 4.18 Å². The Bertz CT molecular complexity index is 373. The van der Waals surface area contributed by atoms with Crippen molar-refractivity contribution >= 4 is 10.1 Å². The van der Waals surface area contributed by atoms with Gasteiger partial charge in [-0.25, -0.2) is 0 Å². The molecule has 94 valence electrons. The monoisotopic (exact) mass is 250 g/mol. The quantitative estimate of drug-likeness (QED) is 0.682. The zero-order valence-corrected chi connectivity index (χ0v) is 10.2. The first kappa shape index (κ1) is 12.3. The standard InChI is InChI=1S/C10H18O5S/c1-2-9(5-11)3-8-10(4-9,6-12)7-15-16(8,13)14/h8,11-12H,2-7H2,1H3. The van der Waals surface area contributed by atoms with Crippen molar-refractivity contribution in [2.24, 2.45) is 10.8 Å². The summed E-state index contributed by atoms with van der Waals surface area (Å²) in [5.41, 5.74) is -1.07. The fraction of sp³-hybridized carbons (Fsp3) is 1.00. The predicted molar refractivity (Wildman–Crippen MR) is 57.2 cm³/mol. The van der Waals surface area contributed by atoms with Crippen molar-refractivity contribution in [3.8, 4) is 0 Å². The highest BCUT2D eigenvalue weighted by molar-refractivity contribution is 7.87. The molecule has 0 radical (unpaired) electrons. The van der Waals surface area contributed by atoms with E-state index < -0.39 is 20.8 Å². The Hall–Kier alpha value is -0.170. The molecule has 2 aliphatic rings. The fourth-order valence-corrected chi connectivity index (χ4v) is 5.04. The van der Waals surface area contributed by atoms with Crippen LogP contribution in [-0.4, -0.2) is 43.7 Å². The molecule has 1 aliphatic carbocycles. The molecule has 6 heteroatoms. The molecule has 1 heterocycles. The second-order valence-electron chi connectivity index (χ2n) is 5.16. The molecular formula is C10H18O5S. The molecule has 0 aromatic heterocycles. The first-order chi connectivity index (χ1) is 7.44. The van der Waals surface area contributed by atoms with Gasteiger partial charge >= 0.3 is 0 Å². The molecule has 16 heavy (non-hydrogen) atoms. The molecule has 0 spiro atoms. The maximum atomic E-state index is 11.7. The van der Waals surface area contributed by atoms with Crippen LogP contribution in [0.2, 0.25) is 0 Å². The highest BCUT2D eigenvalue weighted by Crippen LogP contribution is 2.56. The molecule has 5 nitrogen and oxygen atoms in total. The van der Waals surface area contributed by atoms with Gasteiger partial charge in [0.25, 0.3) is 10.1 Å². The minimum atomic E-state index is -3.56. The smallest absolute Gasteiger partial charge is 0.270 e. The Kier molecular flexibility index (Phi) is 2.81. The highest BCUT2D eigenvalue weighted by atomic mass is 32.2. The molecule has 2 N–H and O–H groups in total. The van der Waals surface area contributed by atoms with Gasteiger partial charge in [0.2, 0.25) is 0 Å². The topological polar surface area (TPSA) is 83.8 Å². The average molecular weight is 250 g/mol. The maximum Gasteiger partial charge on any atom is 0.270 e. The summed E-state index contributed by atoms with van der Waals surface area (Å²) in [6, 6.07) is 0. The number of hydrogen-bond donors (Lipinski definition) is 2. The summed E-state index contributed by atoms with van der Waals surface area (Å²) < 4.78 is 28.2. The van der Waals surface area contributed by atoms with E-state index in [1.54, 1.807) is 0 Å². The van der Waals surface area contributed by atoms with Gasteiger partial charge < -0.3 is 10.2 Å². The van der Waals surface area contributed by atoms with E-state index in [9.17, 15) is 18.6 Å². The molecule has 2 rings (SSSR count). The zero-order chi connectivity index (χ0) is 12.0. The van der Waals surface area contributed by atoms with E-state index in [0.29, 0.717) is 12.8 Å². The molecule has 0 bridgehead atoms. The van der Waals surface area contributed by atoms with Crippen LogP contribution in [0.15, 0.2) is 0 Å². The normalized spacial score (nSPS) is 45.8. The van der Waals surface area contributed by atoms with E-state index in [2.05, 4.69) is 0 Å². The molecule has 1 saturated carbocycles. The minimum absolute atomic E-state index is 0.0305. The molecule has 3 unspecified atom stereocenters. The van der Waals surface area contributed by atoms with Crippen molar-refractivity contribution in [3.63, 3.8) is 0 Å². The average Bonchev–Trinajstić information content (AvgIpc) is 2.74. The molecule has 1 saturated heterocycles. The first-order valence-corrected chi connectivity index (χ1v) is 7.01. The van der Waals surface area contributed by atoms with Crippen molar-refractivity contribution in [1.29, 1.82) is 0 Å². The van der Waals surface area contributed by atoms with Gasteiger partial charge in [0.1, 0.15) is 0 Å². The summed E-state index contributed by atoms with van der Waals surface area (Å²) in [4.78, 5) is 0. The van der Waals surface area contributed by atoms with Crippen LogP contribution in [-0.2, 0) is 14.3 Å². The van der Waals surface area contributed by atoms with Gasteiger partial charge in [0, 0.05) is 12.0 Å². The Morgan fingerprint density at radius 2 is 2.06 bits per heavy atom. The Labute approximate surface area is 95.5 Å². The third-order valence-electron chi connectivity index (χ3n) is 4.29.